The largest absolute Gasteiger partial charge is 0.432 e. The number of ether oxygens (including phenoxy) is 1. The van der Waals surface area contributed by atoms with E-state index >= 15 is 0 Å². The number of nitrogens with one attached hydrogen (secondary N) is 1. The maximum Gasteiger partial charge on any atom is 0.417 e. The van der Waals surface area contributed by atoms with Gasteiger partial charge in [0.15, 0.2) is 5.82 Å². The Labute approximate surface area is 159 Å². The SMILES string of the molecule is O=[N+]([O-])c1c(Nc2ncc(C(F)(F)F)cc2Cl)ncnc1Oc1cccnc1. The molecule has 0 aliphatic carbocycles. The number of hydrogen-bond acceptors (Lipinski definition) is 8. The van der Waals surface area contributed by atoms with Crippen molar-refractivity contribution in [3.63, 3.8) is 0 Å². The molecule has 3 rings (SSSR count). The summed E-state index contributed by atoms with van der Waals surface area (Å²) in [6, 6.07) is 3.69. The van der Waals surface area contributed by atoms with Crippen molar-refractivity contribution in [1.82, 2.24) is 19.9 Å². The van der Waals surface area contributed by atoms with Gasteiger partial charge in [-0.2, -0.15) is 18.2 Å². The summed E-state index contributed by atoms with van der Waals surface area (Å²) < 4.78 is 43.5. The van der Waals surface area contributed by atoms with Gasteiger partial charge < -0.3 is 10.1 Å². The molecule has 0 fully saturated rings. The maximum atomic E-state index is 12.7. The first-order valence-electron chi connectivity index (χ1n) is 7.32. The van der Waals surface area contributed by atoms with Crippen LogP contribution in [0.4, 0.5) is 30.5 Å². The number of nitro groups is 1. The average Bonchev–Trinajstić information content (AvgIpc) is 2.63. The van der Waals surface area contributed by atoms with Gasteiger partial charge in [-0.1, -0.05) is 11.6 Å². The molecule has 0 amide bonds. The van der Waals surface area contributed by atoms with Crippen molar-refractivity contribution in [2.75, 3.05) is 5.32 Å². The number of anilines is 2. The summed E-state index contributed by atoms with van der Waals surface area (Å²) in [6.45, 7) is 0. The highest BCUT2D eigenvalue weighted by Gasteiger charge is 2.32. The van der Waals surface area contributed by atoms with E-state index < -0.39 is 33.3 Å². The molecule has 0 atom stereocenters. The van der Waals surface area contributed by atoms with E-state index in [9.17, 15) is 23.3 Å². The third kappa shape index (κ3) is 4.23. The maximum absolute atomic E-state index is 12.7. The summed E-state index contributed by atoms with van der Waals surface area (Å²) in [7, 11) is 0. The van der Waals surface area contributed by atoms with Crippen molar-refractivity contribution >= 4 is 28.9 Å². The van der Waals surface area contributed by atoms with Crippen molar-refractivity contribution in [3.8, 4) is 11.6 Å². The molecule has 0 aliphatic rings. The van der Waals surface area contributed by atoms with Crippen LogP contribution in [0.1, 0.15) is 5.56 Å². The molecule has 0 aromatic carbocycles. The van der Waals surface area contributed by atoms with Crippen LogP contribution in [0.2, 0.25) is 5.02 Å². The van der Waals surface area contributed by atoms with Gasteiger partial charge in [-0.25, -0.2) is 9.97 Å². The van der Waals surface area contributed by atoms with E-state index in [2.05, 4.69) is 25.3 Å². The zero-order chi connectivity index (χ0) is 20.3. The molecule has 0 aliphatic heterocycles. The van der Waals surface area contributed by atoms with Crippen LogP contribution in [0.25, 0.3) is 0 Å². The van der Waals surface area contributed by atoms with Crippen LogP contribution in [0.5, 0.6) is 11.6 Å². The Morgan fingerprint density at radius 1 is 1.18 bits per heavy atom. The molecule has 3 heterocycles. The quantitative estimate of drug-likeness (QED) is 0.484. The minimum atomic E-state index is -4.64. The summed E-state index contributed by atoms with van der Waals surface area (Å²) in [5, 5.41) is 13.5. The Morgan fingerprint density at radius 3 is 2.57 bits per heavy atom. The van der Waals surface area contributed by atoms with Gasteiger partial charge in [0.2, 0.25) is 5.82 Å². The Hall–Kier alpha value is -3.54. The summed E-state index contributed by atoms with van der Waals surface area (Å²) in [4.78, 5) is 25.5. The predicted molar refractivity (Wildman–Crippen MR) is 90.5 cm³/mol. The highest BCUT2D eigenvalue weighted by Crippen LogP contribution is 2.37. The third-order valence-electron chi connectivity index (χ3n) is 3.23. The summed E-state index contributed by atoms with van der Waals surface area (Å²) >= 11 is 5.81. The lowest BCUT2D eigenvalue weighted by Gasteiger charge is -2.11. The van der Waals surface area contributed by atoms with E-state index in [1.165, 1.54) is 18.5 Å². The Morgan fingerprint density at radius 2 is 1.96 bits per heavy atom. The normalized spacial score (nSPS) is 11.1. The van der Waals surface area contributed by atoms with Gasteiger partial charge in [-0.05, 0) is 18.2 Å². The fourth-order valence-electron chi connectivity index (χ4n) is 2.01. The lowest BCUT2D eigenvalue weighted by molar-refractivity contribution is -0.385. The highest BCUT2D eigenvalue weighted by molar-refractivity contribution is 6.33. The number of pyridine rings is 2. The first kappa shape index (κ1) is 19.2. The van der Waals surface area contributed by atoms with Crippen molar-refractivity contribution in [2.24, 2.45) is 0 Å². The Balaban J connectivity index is 1.96. The van der Waals surface area contributed by atoms with Gasteiger partial charge in [0.25, 0.3) is 0 Å². The first-order chi connectivity index (χ1) is 13.3. The zero-order valence-corrected chi connectivity index (χ0v) is 14.3. The minimum absolute atomic E-state index is 0.181. The fraction of sp³-hybridized carbons (Fsp3) is 0.0667. The topological polar surface area (TPSA) is 116 Å². The summed E-state index contributed by atoms with van der Waals surface area (Å²) in [5.74, 6) is -0.851. The van der Waals surface area contributed by atoms with Gasteiger partial charge in [-0.3, -0.25) is 15.1 Å². The van der Waals surface area contributed by atoms with E-state index in [1.807, 2.05) is 0 Å². The number of rotatable bonds is 5. The molecule has 0 radical (unpaired) electrons. The zero-order valence-electron chi connectivity index (χ0n) is 13.5. The highest BCUT2D eigenvalue weighted by atomic mass is 35.5. The molecular weight excluding hydrogens is 405 g/mol. The Kier molecular flexibility index (Phi) is 5.22. The molecule has 0 unspecified atom stereocenters. The van der Waals surface area contributed by atoms with E-state index in [0.717, 1.165) is 6.33 Å². The molecule has 13 heteroatoms. The van der Waals surface area contributed by atoms with Crippen LogP contribution in [-0.2, 0) is 6.18 Å². The Bertz CT molecular complexity index is 1020. The van der Waals surface area contributed by atoms with Crippen LogP contribution >= 0.6 is 11.6 Å². The minimum Gasteiger partial charge on any atom is -0.432 e. The van der Waals surface area contributed by atoms with Crippen LogP contribution in [0.15, 0.2) is 43.1 Å². The van der Waals surface area contributed by atoms with Crippen LogP contribution in [-0.4, -0.2) is 24.9 Å². The summed E-state index contributed by atoms with van der Waals surface area (Å²) in [6.07, 6.45) is -0.339. The van der Waals surface area contributed by atoms with Gasteiger partial charge in [0, 0.05) is 12.4 Å². The molecule has 3 aromatic heterocycles. The second-order valence-electron chi connectivity index (χ2n) is 5.10. The van der Waals surface area contributed by atoms with Crippen LogP contribution in [0.3, 0.4) is 0 Å². The average molecular weight is 413 g/mol. The van der Waals surface area contributed by atoms with Crippen LogP contribution < -0.4 is 10.1 Å². The molecular formula is C15H8ClF3N6O3. The van der Waals surface area contributed by atoms with Gasteiger partial charge in [0.05, 0.1) is 21.7 Å². The first-order valence-corrected chi connectivity index (χ1v) is 7.70. The molecule has 0 saturated carbocycles. The molecule has 0 bridgehead atoms. The molecule has 144 valence electrons. The summed E-state index contributed by atoms with van der Waals surface area (Å²) in [5.41, 5.74) is -1.73. The smallest absolute Gasteiger partial charge is 0.417 e. The lowest BCUT2D eigenvalue weighted by atomic mass is 10.3. The van der Waals surface area contributed by atoms with E-state index in [-0.39, 0.29) is 17.4 Å². The standard InChI is InChI=1S/C15H8ClF3N6O3/c16-10-4-8(15(17,18)19)5-21-12(10)24-13-11(25(26)27)14(23-7-22-13)28-9-2-1-3-20-6-9/h1-7H,(H,21,22,23,24). The monoisotopic (exact) mass is 412 g/mol. The van der Waals surface area contributed by atoms with E-state index in [4.69, 9.17) is 16.3 Å². The van der Waals surface area contributed by atoms with Crippen molar-refractivity contribution in [3.05, 3.63) is 63.8 Å². The molecule has 3 aromatic rings. The molecule has 1 N–H and O–H groups in total. The van der Waals surface area contributed by atoms with Crippen LogP contribution in [0, 0.1) is 10.1 Å². The van der Waals surface area contributed by atoms with Crippen molar-refractivity contribution < 1.29 is 22.8 Å². The molecule has 9 nitrogen and oxygen atoms in total. The van der Waals surface area contributed by atoms with Crippen molar-refractivity contribution in [2.45, 2.75) is 6.18 Å². The number of alkyl halides is 3. The number of nitrogens with zero attached hydrogens (tertiary/aromatic N) is 5. The van der Waals surface area contributed by atoms with E-state index in [1.54, 1.807) is 6.07 Å². The van der Waals surface area contributed by atoms with Gasteiger partial charge >= 0.3 is 17.7 Å². The van der Waals surface area contributed by atoms with Gasteiger partial charge in [-0.15, -0.1) is 0 Å². The number of halogens is 4. The second-order valence-corrected chi connectivity index (χ2v) is 5.51. The van der Waals surface area contributed by atoms with E-state index in [0.29, 0.717) is 12.3 Å². The molecule has 0 saturated heterocycles. The second kappa shape index (κ2) is 7.60. The fourth-order valence-corrected chi connectivity index (χ4v) is 2.22. The third-order valence-corrected chi connectivity index (χ3v) is 3.51. The number of hydrogen-bond donors (Lipinski definition) is 1. The number of aromatic nitrogens is 4. The molecule has 28 heavy (non-hydrogen) atoms. The lowest BCUT2D eigenvalue weighted by Crippen LogP contribution is -2.08. The molecule has 0 spiro atoms. The predicted octanol–water partition coefficient (Wildman–Crippen LogP) is 4.38. The van der Waals surface area contributed by atoms with Crippen molar-refractivity contribution in [1.29, 1.82) is 0 Å². The van der Waals surface area contributed by atoms with Gasteiger partial charge in [0.1, 0.15) is 12.1 Å².